The van der Waals surface area contributed by atoms with Crippen molar-refractivity contribution in [3.63, 3.8) is 0 Å². The van der Waals surface area contributed by atoms with Gasteiger partial charge < -0.3 is 14.0 Å². The van der Waals surface area contributed by atoms with Crippen LogP contribution in [-0.4, -0.2) is 43.5 Å². The minimum Gasteiger partial charge on any atom is -0.345 e. The molecule has 0 spiro atoms. The number of carbonyl (C=O) groups excluding carboxylic acids is 1. The quantitative estimate of drug-likeness (QED) is 0.663. The van der Waals surface area contributed by atoms with E-state index in [0.717, 1.165) is 61.8 Å². The lowest BCUT2D eigenvalue weighted by Gasteiger charge is -2.28. The van der Waals surface area contributed by atoms with Crippen LogP contribution in [0.25, 0.3) is 11.4 Å². The molecule has 0 aliphatic carbocycles. The van der Waals surface area contributed by atoms with E-state index in [-0.39, 0.29) is 11.8 Å². The highest BCUT2D eigenvalue weighted by Gasteiger charge is 2.28. The second-order valence-electron chi connectivity index (χ2n) is 7.56. The molecule has 6 nitrogen and oxygen atoms in total. The van der Waals surface area contributed by atoms with Crippen LogP contribution in [0.2, 0.25) is 0 Å². The highest BCUT2D eigenvalue weighted by molar-refractivity contribution is 5.79. The van der Waals surface area contributed by atoms with Gasteiger partial charge in [-0.05, 0) is 19.8 Å². The summed E-state index contributed by atoms with van der Waals surface area (Å²) in [6, 6.07) is 10.3. The Kier molecular flexibility index (Phi) is 5.28. The predicted octanol–water partition coefficient (Wildman–Crippen LogP) is 3.17. The largest absolute Gasteiger partial charge is 0.345 e. The number of imidazole rings is 2. The summed E-state index contributed by atoms with van der Waals surface area (Å²) in [6.07, 6.45) is 8.31. The summed E-state index contributed by atoms with van der Waals surface area (Å²) < 4.78 is 4.39. The van der Waals surface area contributed by atoms with Crippen molar-refractivity contribution in [1.82, 2.24) is 24.0 Å². The van der Waals surface area contributed by atoms with E-state index in [9.17, 15) is 4.79 Å². The van der Waals surface area contributed by atoms with Gasteiger partial charge in [0.25, 0.3) is 0 Å². The van der Waals surface area contributed by atoms with Crippen LogP contribution in [0.3, 0.4) is 0 Å². The van der Waals surface area contributed by atoms with E-state index in [1.807, 2.05) is 55.7 Å². The van der Waals surface area contributed by atoms with Gasteiger partial charge in [-0.1, -0.05) is 30.3 Å². The summed E-state index contributed by atoms with van der Waals surface area (Å²) in [5.41, 5.74) is 2.29. The first kappa shape index (κ1) is 18.5. The molecule has 146 valence electrons. The standard InChI is InChI=1S/C22H27N5O/c1-17-23-10-14-26(17)12-6-11-25(2)22(28)19-9-13-27-20(15-19)16-24-21(27)18-7-4-3-5-8-18/h3-5,7-8,10,14,16,19H,6,9,11-13,15H2,1-2H3/t19-/m1/s1. The molecule has 6 heteroatoms. The van der Waals surface area contributed by atoms with Crippen molar-refractivity contribution in [2.75, 3.05) is 13.6 Å². The Bertz CT molecular complexity index is 943. The molecule has 1 aliphatic heterocycles. The Hall–Kier alpha value is -2.89. The molecular weight excluding hydrogens is 350 g/mol. The molecule has 4 rings (SSSR count). The van der Waals surface area contributed by atoms with Crippen LogP contribution < -0.4 is 0 Å². The van der Waals surface area contributed by atoms with Crippen molar-refractivity contribution in [2.45, 2.75) is 39.3 Å². The Morgan fingerprint density at radius 3 is 2.82 bits per heavy atom. The maximum Gasteiger partial charge on any atom is 0.225 e. The minimum atomic E-state index is 0.0489. The Labute approximate surface area is 165 Å². The molecule has 2 aromatic heterocycles. The zero-order valence-corrected chi connectivity index (χ0v) is 16.6. The first-order valence-corrected chi connectivity index (χ1v) is 9.96. The van der Waals surface area contributed by atoms with Crippen molar-refractivity contribution in [3.05, 3.63) is 60.4 Å². The summed E-state index contributed by atoms with van der Waals surface area (Å²) in [7, 11) is 1.92. The van der Waals surface area contributed by atoms with Gasteiger partial charge in [0.1, 0.15) is 11.6 Å². The van der Waals surface area contributed by atoms with Gasteiger partial charge >= 0.3 is 0 Å². The van der Waals surface area contributed by atoms with E-state index >= 15 is 0 Å². The van der Waals surface area contributed by atoms with Crippen LogP contribution >= 0.6 is 0 Å². The average Bonchev–Trinajstić information content (AvgIpc) is 3.33. The number of aryl methyl sites for hydroxylation is 2. The molecule has 0 saturated carbocycles. The zero-order valence-electron chi connectivity index (χ0n) is 16.6. The molecule has 0 bridgehead atoms. The van der Waals surface area contributed by atoms with E-state index in [4.69, 9.17) is 0 Å². The molecule has 1 aromatic carbocycles. The van der Waals surface area contributed by atoms with Gasteiger partial charge in [0.15, 0.2) is 0 Å². The topological polar surface area (TPSA) is 56.0 Å². The van der Waals surface area contributed by atoms with E-state index in [2.05, 4.69) is 31.2 Å². The van der Waals surface area contributed by atoms with Crippen molar-refractivity contribution >= 4 is 5.91 Å². The van der Waals surface area contributed by atoms with E-state index in [1.54, 1.807) is 0 Å². The van der Waals surface area contributed by atoms with Gasteiger partial charge in [0.05, 0.1) is 0 Å². The van der Waals surface area contributed by atoms with Crippen LogP contribution in [-0.2, 0) is 24.3 Å². The number of benzene rings is 1. The number of nitrogens with zero attached hydrogens (tertiary/aromatic N) is 5. The van der Waals surface area contributed by atoms with Crippen LogP contribution in [0.1, 0.15) is 24.4 Å². The van der Waals surface area contributed by atoms with Crippen LogP contribution in [0, 0.1) is 12.8 Å². The average molecular weight is 377 g/mol. The molecule has 28 heavy (non-hydrogen) atoms. The van der Waals surface area contributed by atoms with Gasteiger partial charge in [-0.2, -0.15) is 0 Å². The molecule has 1 atom stereocenters. The van der Waals surface area contributed by atoms with Gasteiger partial charge in [0.2, 0.25) is 5.91 Å². The summed E-state index contributed by atoms with van der Waals surface area (Å²) in [6.45, 7) is 4.50. The lowest BCUT2D eigenvalue weighted by molar-refractivity contribution is -0.134. The highest BCUT2D eigenvalue weighted by Crippen LogP contribution is 2.28. The zero-order chi connectivity index (χ0) is 19.5. The monoisotopic (exact) mass is 377 g/mol. The first-order chi connectivity index (χ1) is 13.6. The molecule has 0 saturated heterocycles. The summed E-state index contributed by atoms with van der Waals surface area (Å²) >= 11 is 0. The smallest absolute Gasteiger partial charge is 0.225 e. The number of hydrogen-bond acceptors (Lipinski definition) is 3. The predicted molar refractivity (Wildman–Crippen MR) is 109 cm³/mol. The Morgan fingerprint density at radius 1 is 1.25 bits per heavy atom. The number of hydrogen-bond donors (Lipinski definition) is 0. The summed E-state index contributed by atoms with van der Waals surface area (Å²) in [5.74, 6) is 2.32. The maximum absolute atomic E-state index is 12.9. The molecule has 0 radical (unpaired) electrons. The number of amides is 1. The minimum absolute atomic E-state index is 0.0489. The van der Waals surface area contributed by atoms with Crippen molar-refractivity contribution in [1.29, 1.82) is 0 Å². The lowest BCUT2D eigenvalue weighted by atomic mass is 9.94. The van der Waals surface area contributed by atoms with Crippen molar-refractivity contribution in [3.8, 4) is 11.4 Å². The molecule has 0 N–H and O–H groups in total. The van der Waals surface area contributed by atoms with Crippen molar-refractivity contribution < 1.29 is 4.79 Å². The fourth-order valence-corrected chi connectivity index (χ4v) is 4.03. The number of rotatable bonds is 6. The van der Waals surface area contributed by atoms with Crippen molar-refractivity contribution in [2.24, 2.45) is 5.92 Å². The molecule has 3 aromatic rings. The van der Waals surface area contributed by atoms with Crippen LogP contribution in [0.5, 0.6) is 0 Å². The normalized spacial score (nSPS) is 16.0. The summed E-state index contributed by atoms with van der Waals surface area (Å²) in [5, 5.41) is 0. The third-order valence-electron chi connectivity index (χ3n) is 5.67. The Morgan fingerprint density at radius 2 is 2.07 bits per heavy atom. The van der Waals surface area contributed by atoms with E-state index < -0.39 is 0 Å². The van der Waals surface area contributed by atoms with Crippen LogP contribution in [0.15, 0.2) is 48.9 Å². The fourth-order valence-electron chi connectivity index (χ4n) is 4.03. The maximum atomic E-state index is 12.9. The van der Waals surface area contributed by atoms with Gasteiger partial charge in [-0.3, -0.25) is 4.79 Å². The third kappa shape index (κ3) is 3.72. The second-order valence-corrected chi connectivity index (χ2v) is 7.56. The molecule has 0 unspecified atom stereocenters. The molecular formula is C22H27N5O. The van der Waals surface area contributed by atoms with E-state index in [1.165, 1.54) is 0 Å². The lowest BCUT2D eigenvalue weighted by Crippen LogP contribution is -2.37. The molecule has 0 fully saturated rings. The van der Waals surface area contributed by atoms with Gasteiger partial charge in [-0.25, -0.2) is 9.97 Å². The number of carbonyl (C=O) groups is 1. The second kappa shape index (κ2) is 8.00. The van der Waals surface area contributed by atoms with Gasteiger partial charge in [0, 0.05) is 68.9 Å². The Balaban J connectivity index is 1.35. The molecule has 1 amide bonds. The highest BCUT2D eigenvalue weighted by atomic mass is 16.2. The molecule has 1 aliphatic rings. The number of fused-ring (bicyclic) bond motifs is 1. The fraction of sp³-hybridized carbons (Fsp3) is 0.409. The van der Waals surface area contributed by atoms with E-state index in [0.29, 0.717) is 0 Å². The first-order valence-electron chi connectivity index (χ1n) is 9.96. The van der Waals surface area contributed by atoms with Crippen LogP contribution in [0.4, 0.5) is 0 Å². The van der Waals surface area contributed by atoms with Gasteiger partial charge in [-0.15, -0.1) is 0 Å². The molecule has 3 heterocycles. The SMILES string of the molecule is Cc1nccn1CCCN(C)C(=O)[C@@H]1CCn2c(cnc2-c2ccccc2)C1. The number of aromatic nitrogens is 4. The third-order valence-corrected chi connectivity index (χ3v) is 5.67. The summed E-state index contributed by atoms with van der Waals surface area (Å²) in [4.78, 5) is 23.7.